The van der Waals surface area contributed by atoms with Crippen LogP contribution in [0.4, 0.5) is 4.79 Å². The first-order chi connectivity index (χ1) is 11.6. The molecule has 7 nitrogen and oxygen atoms in total. The minimum Gasteiger partial charge on any atom is -0.367 e. The number of hydrogen-bond acceptors (Lipinski definition) is 5. The Morgan fingerprint density at radius 3 is 3.17 bits per heavy atom. The number of ether oxygens (including phenoxy) is 1. The van der Waals surface area contributed by atoms with Crippen molar-refractivity contribution in [1.29, 1.82) is 0 Å². The maximum absolute atomic E-state index is 12.4. The Balaban J connectivity index is 1.47. The fourth-order valence-corrected chi connectivity index (χ4v) is 3.50. The second kappa shape index (κ2) is 7.76. The summed E-state index contributed by atoms with van der Waals surface area (Å²) < 4.78 is 7.65. The van der Waals surface area contributed by atoms with E-state index < -0.39 is 0 Å². The van der Waals surface area contributed by atoms with Crippen LogP contribution >= 0.6 is 11.3 Å². The minimum atomic E-state index is -0.121. The van der Waals surface area contributed by atoms with Crippen molar-refractivity contribution < 1.29 is 9.53 Å². The lowest BCUT2D eigenvalue weighted by Gasteiger charge is -2.32. The van der Waals surface area contributed by atoms with E-state index in [0.717, 1.165) is 17.2 Å². The van der Waals surface area contributed by atoms with Gasteiger partial charge in [-0.2, -0.15) is 5.10 Å². The molecular formula is C16H23N5O2S. The highest BCUT2D eigenvalue weighted by atomic mass is 32.1. The molecule has 0 radical (unpaired) electrons. The molecule has 3 rings (SSSR count). The number of thiazole rings is 1. The molecule has 2 aromatic heterocycles. The van der Waals surface area contributed by atoms with Crippen LogP contribution in [0.2, 0.25) is 0 Å². The summed E-state index contributed by atoms with van der Waals surface area (Å²) >= 11 is 1.59. The van der Waals surface area contributed by atoms with Gasteiger partial charge in [-0.3, -0.25) is 4.68 Å². The number of aryl methyl sites for hydroxylation is 1. The van der Waals surface area contributed by atoms with Gasteiger partial charge in [0.05, 0.1) is 13.2 Å². The molecule has 3 heterocycles. The van der Waals surface area contributed by atoms with Crippen LogP contribution in [-0.4, -0.2) is 51.9 Å². The molecule has 0 spiro atoms. The van der Waals surface area contributed by atoms with Gasteiger partial charge < -0.3 is 15.0 Å². The Hall–Kier alpha value is -1.93. The van der Waals surface area contributed by atoms with Crippen LogP contribution in [0.5, 0.6) is 0 Å². The van der Waals surface area contributed by atoms with E-state index in [2.05, 4.69) is 22.3 Å². The van der Waals surface area contributed by atoms with Crippen molar-refractivity contribution in [1.82, 2.24) is 25.0 Å². The highest BCUT2D eigenvalue weighted by Gasteiger charge is 2.27. The molecule has 0 unspecified atom stereocenters. The van der Waals surface area contributed by atoms with E-state index >= 15 is 0 Å². The van der Waals surface area contributed by atoms with E-state index in [1.54, 1.807) is 17.5 Å². The molecule has 0 aliphatic carbocycles. The SMILES string of the molecule is Cc1csc([C@@H]2CN(C(=O)NC[C@@H](C)Cn3cccn3)CCO2)n1. The van der Waals surface area contributed by atoms with Crippen molar-refractivity contribution in [2.75, 3.05) is 26.2 Å². The number of rotatable bonds is 5. The fraction of sp³-hybridized carbons (Fsp3) is 0.562. The Morgan fingerprint density at radius 1 is 1.58 bits per heavy atom. The first kappa shape index (κ1) is 16.9. The summed E-state index contributed by atoms with van der Waals surface area (Å²) in [6, 6.07) is 1.86. The predicted molar refractivity (Wildman–Crippen MR) is 91.9 cm³/mol. The lowest BCUT2D eigenvalue weighted by Crippen LogP contribution is -2.48. The zero-order chi connectivity index (χ0) is 16.9. The molecule has 0 bridgehead atoms. The number of hydrogen-bond donors (Lipinski definition) is 1. The van der Waals surface area contributed by atoms with Crippen molar-refractivity contribution in [3.8, 4) is 0 Å². The maximum atomic E-state index is 12.4. The van der Waals surface area contributed by atoms with Gasteiger partial charge in [-0.1, -0.05) is 6.92 Å². The molecule has 1 N–H and O–H groups in total. The smallest absolute Gasteiger partial charge is 0.317 e. The van der Waals surface area contributed by atoms with Crippen LogP contribution in [0.25, 0.3) is 0 Å². The van der Waals surface area contributed by atoms with Crippen molar-refractivity contribution in [2.24, 2.45) is 5.92 Å². The van der Waals surface area contributed by atoms with Gasteiger partial charge in [0, 0.05) is 43.1 Å². The number of carbonyl (C=O) groups excluding carboxylic acids is 1. The van der Waals surface area contributed by atoms with E-state index in [1.165, 1.54) is 0 Å². The molecule has 0 aromatic carbocycles. The number of nitrogens with zero attached hydrogens (tertiary/aromatic N) is 4. The van der Waals surface area contributed by atoms with Gasteiger partial charge >= 0.3 is 6.03 Å². The highest BCUT2D eigenvalue weighted by Crippen LogP contribution is 2.25. The minimum absolute atomic E-state index is 0.0381. The molecule has 1 aliphatic heterocycles. The molecule has 8 heteroatoms. The monoisotopic (exact) mass is 349 g/mol. The molecule has 1 aliphatic rings. The van der Waals surface area contributed by atoms with Gasteiger partial charge in [0.15, 0.2) is 0 Å². The number of aromatic nitrogens is 3. The van der Waals surface area contributed by atoms with E-state index in [0.29, 0.717) is 32.2 Å². The average molecular weight is 349 g/mol. The average Bonchev–Trinajstić information content (AvgIpc) is 3.24. The van der Waals surface area contributed by atoms with Gasteiger partial charge in [0.25, 0.3) is 0 Å². The topological polar surface area (TPSA) is 72.3 Å². The zero-order valence-electron chi connectivity index (χ0n) is 14.0. The third-order valence-corrected chi connectivity index (χ3v) is 4.98. The van der Waals surface area contributed by atoms with Crippen LogP contribution in [0, 0.1) is 12.8 Å². The normalized spacial score (nSPS) is 19.2. The van der Waals surface area contributed by atoms with Crippen LogP contribution < -0.4 is 5.32 Å². The van der Waals surface area contributed by atoms with Crippen LogP contribution in [0.1, 0.15) is 23.7 Å². The standard InChI is InChI=1S/C16H23N5O2S/c1-12(9-21-5-3-4-18-21)8-17-16(22)20-6-7-23-14(10-20)15-19-13(2)11-24-15/h3-5,11-12,14H,6-10H2,1-2H3,(H,17,22)/t12-,14+/m1/s1. The van der Waals surface area contributed by atoms with Crippen molar-refractivity contribution in [2.45, 2.75) is 26.5 Å². The van der Waals surface area contributed by atoms with Crippen LogP contribution in [0.15, 0.2) is 23.8 Å². The summed E-state index contributed by atoms with van der Waals surface area (Å²) in [5.74, 6) is 0.312. The Kier molecular flexibility index (Phi) is 5.47. The molecule has 2 aromatic rings. The molecular weight excluding hydrogens is 326 g/mol. The van der Waals surface area contributed by atoms with Gasteiger partial charge in [-0.25, -0.2) is 9.78 Å². The third-order valence-electron chi connectivity index (χ3n) is 3.93. The van der Waals surface area contributed by atoms with Crippen molar-refractivity contribution in [3.63, 3.8) is 0 Å². The van der Waals surface area contributed by atoms with Crippen molar-refractivity contribution in [3.05, 3.63) is 34.5 Å². The van der Waals surface area contributed by atoms with Gasteiger partial charge in [0.1, 0.15) is 11.1 Å². The molecule has 1 fully saturated rings. The first-order valence-corrected chi connectivity index (χ1v) is 9.03. The summed E-state index contributed by atoms with van der Waals surface area (Å²) in [7, 11) is 0. The van der Waals surface area contributed by atoms with E-state index in [1.807, 2.05) is 34.1 Å². The number of morpholine rings is 1. The van der Waals surface area contributed by atoms with E-state index in [9.17, 15) is 4.79 Å². The Bertz CT molecular complexity index is 657. The second-order valence-electron chi connectivity index (χ2n) is 6.15. The lowest BCUT2D eigenvalue weighted by atomic mass is 10.2. The maximum Gasteiger partial charge on any atom is 0.317 e. The van der Waals surface area contributed by atoms with Gasteiger partial charge in [-0.05, 0) is 18.9 Å². The second-order valence-corrected chi connectivity index (χ2v) is 7.04. The largest absolute Gasteiger partial charge is 0.367 e. The Labute approximate surface area is 145 Å². The number of urea groups is 1. The Morgan fingerprint density at radius 2 is 2.46 bits per heavy atom. The summed E-state index contributed by atoms with van der Waals surface area (Å²) in [5.41, 5.74) is 0.993. The first-order valence-electron chi connectivity index (χ1n) is 8.15. The summed E-state index contributed by atoms with van der Waals surface area (Å²) in [4.78, 5) is 18.7. The van der Waals surface area contributed by atoms with Crippen LogP contribution in [0.3, 0.4) is 0 Å². The molecule has 2 atom stereocenters. The lowest BCUT2D eigenvalue weighted by molar-refractivity contribution is -0.0156. The highest BCUT2D eigenvalue weighted by molar-refractivity contribution is 7.09. The van der Waals surface area contributed by atoms with Crippen molar-refractivity contribution >= 4 is 17.4 Å². The number of amides is 2. The summed E-state index contributed by atoms with van der Waals surface area (Å²) in [5, 5.41) is 10.2. The predicted octanol–water partition coefficient (Wildman–Crippen LogP) is 2.07. The molecule has 1 saturated heterocycles. The number of nitrogens with one attached hydrogen (secondary N) is 1. The van der Waals surface area contributed by atoms with Gasteiger partial charge in [-0.15, -0.1) is 11.3 Å². The molecule has 2 amide bonds. The van der Waals surface area contributed by atoms with E-state index in [-0.39, 0.29) is 12.1 Å². The summed E-state index contributed by atoms with van der Waals surface area (Å²) in [6.07, 6.45) is 3.57. The zero-order valence-corrected chi connectivity index (χ0v) is 14.8. The number of carbonyl (C=O) groups is 1. The molecule has 24 heavy (non-hydrogen) atoms. The van der Waals surface area contributed by atoms with Crippen LogP contribution in [-0.2, 0) is 11.3 Å². The summed E-state index contributed by atoms with van der Waals surface area (Å²) in [6.45, 7) is 7.18. The van der Waals surface area contributed by atoms with Gasteiger partial charge in [0.2, 0.25) is 0 Å². The molecule has 130 valence electrons. The van der Waals surface area contributed by atoms with E-state index in [4.69, 9.17) is 4.74 Å². The third kappa shape index (κ3) is 4.33. The quantitative estimate of drug-likeness (QED) is 0.897. The molecule has 0 saturated carbocycles. The fourth-order valence-electron chi connectivity index (χ4n) is 2.67.